The van der Waals surface area contributed by atoms with Gasteiger partial charge in [0.15, 0.2) is 0 Å². The van der Waals surface area contributed by atoms with Crippen molar-refractivity contribution in [3.63, 3.8) is 0 Å². The first-order chi connectivity index (χ1) is 21.8. The molecule has 0 fully saturated rings. The second kappa shape index (κ2) is 8.31. The standard InChI is InChI=1S/C44H33N/c1-43(2)36-16-9-15-34-35-24-29(25-39-41(35)45(40(34)36)42-37(43)17-10-18-38(42)44(39,3)4)31-22-21-30(32-13-7-8-14-33(31)32)28-20-19-26-11-5-6-12-27(26)23-28/h5-25H,1-4H3. The SMILES string of the molecule is CC1(C)c2cccc3c2-n2c4c1cccc4c1cc(-c4ccc(-c5ccc6ccccc6c5)c5ccccc45)cc(c12)C3(C)C. The van der Waals surface area contributed by atoms with Crippen LogP contribution in [0.2, 0.25) is 0 Å². The molecule has 0 N–H and O–H groups in total. The maximum absolute atomic E-state index is 2.61. The van der Waals surface area contributed by atoms with Gasteiger partial charge in [-0.2, -0.15) is 0 Å². The average molecular weight is 576 g/mol. The monoisotopic (exact) mass is 575 g/mol. The van der Waals surface area contributed by atoms with E-state index < -0.39 is 0 Å². The third kappa shape index (κ3) is 3.08. The molecular formula is C44H33N. The van der Waals surface area contributed by atoms with Gasteiger partial charge in [-0.25, -0.2) is 0 Å². The summed E-state index contributed by atoms with van der Waals surface area (Å²) in [5.41, 5.74) is 14.7. The van der Waals surface area contributed by atoms with Gasteiger partial charge < -0.3 is 4.57 Å². The summed E-state index contributed by atoms with van der Waals surface area (Å²) in [5.74, 6) is 0. The highest BCUT2D eigenvalue weighted by atomic mass is 15.0. The van der Waals surface area contributed by atoms with Crippen molar-refractivity contribution in [1.29, 1.82) is 0 Å². The third-order valence-electron chi connectivity index (χ3n) is 11.1. The summed E-state index contributed by atoms with van der Waals surface area (Å²) in [7, 11) is 0. The highest BCUT2D eigenvalue weighted by Gasteiger charge is 2.43. The van der Waals surface area contributed by atoms with E-state index in [1.165, 1.54) is 93.5 Å². The Morgan fingerprint density at radius 1 is 0.400 bits per heavy atom. The molecule has 1 heteroatoms. The predicted molar refractivity (Wildman–Crippen MR) is 191 cm³/mol. The Kier molecular flexibility index (Phi) is 4.66. The van der Waals surface area contributed by atoms with Crippen LogP contribution < -0.4 is 0 Å². The molecule has 0 unspecified atom stereocenters. The first-order valence-corrected chi connectivity index (χ1v) is 16.1. The zero-order chi connectivity index (χ0) is 30.2. The van der Waals surface area contributed by atoms with E-state index in [0.29, 0.717) is 0 Å². The number of nitrogens with zero attached hydrogens (tertiary/aromatic N) is 1. The number of aromatic nitrogens is 1. The number of benzene rings is 7. The van der Waals surface area contributed by atoms with Gasteiger partial charge >= 0.3 is 0 Å². The Balaban J connectivity index is 1.29. The normalized spacial score (nSPS) is 15.5. The van der Waals surface area contributed by atoms with Crippen molar-refractivity contribution >= 4 is 43.4 Å². The van der Waals surface area contributed by atoms with Gasteiger partial charge in [0.05, 0.1) is 16.7 Å². The lowest BCUT2D eigenvalue weighted by atomic mass is 9.68. The van der Waals surface area contributed by atoms with E-state index in [0.717, 1.165) is 0 Å². The van der Waals surface area contributed by atoms with Crippen molar-refractivity contribution in [2.24, 2.45) is 0 Å². The van der Waals surface area contributed by atoms with Gasteiger partial charge in [-0.3, -0.25) is 0 Å². The van der Waals surface area contributed by atoms with Crippen LogP contribution in [-0.4, -0.2) is 4.57 Å². The Hall–Kier alpha value is -5.14. The maximum atomic E-state index is 2.61. The summed E-state index contributed by atoms with van der Waals surface area (Å²) in [5, 5.41) is 7.84. The molecule has 1 nitrogen and oxygen atoms in total. The molecule has 0 saturated heterocycles. The van der Waals surface area contributed by atoms with Crippen molar-refractivity contribution in [2.75, 3.05) is 0 Å². The van der Waals surface area contributed by atoms with Crippen LogP contribution in [0.4, 0.5) is 0 Å². The van der Waals surface area contributed by atoms with Gasteiger partial charge in [-0.05, 0) is 84.3 Å². The zero-order valence-corrected chi connectivity index (χ0v) is 26.1. The summed E-state index contributed by atoms with van der Waals surface area (Å²) >= 11 is 0. The van der Waals surface area contributed by atoms with Gasteiger partial charge in [0.2, 0.25) is 0 Å². The van der Waals surface area contributed by atoms with Gasteiger partial charge in [-0.15, -0.1) is 0 Å². The van der Waals surface area contributed by atoms with Crippen LogP contribution in [0.3, 0.4) is 0 Å². The molecule has 2 aliphatic rings. The molecule has 0 spiro atoms. The topological polar surface area (TPSA) is 4.93 Å². The Bertz CT molecular complexity index is 2590. The fourth-order valence-corrected chi connectivity index (χ4v) is 8.80. The molecule has 3 heterocycles. The molecule has 0 amide bonds. The predicted octanol–water partition coefficient (Wildman–Crippen LogP) is 11.7. The van der Waals surface area contributed by atoms with Gasteiger partial charge in [0.1, 0.15) is 0 Å². The number of hydrogen-bond donors (Lipinski definition) is 0. The van der Waals surface area contributed by atoms with E-state index in [1.54, 1.807) is 0 Å². The largest absolute Gasteiger partial charge is 0.308 e. The van der Waals surface area contributed by atoms with Crippen molar-refractivity contribution in [2.45, 2.75) is 38.5 Å². The van der Waals surface area contributed by atoms with Crippen LogP contribution in [0.15, 0.2) is 127 Å². The van der Waals surface area contributed by atoms with E-state index in [-0.39, 0.29) is 10.8 Å². The van der Waals surface area contributed by atoms with Crippen molar-refractivity contribution < 1.29 is 0 Å². The molecule has 8 aromatic rings. The number of para-hydroxylation sites is 2. The van der Waals surface area contributed by atoms with E-state index in [1.807, 2.05) is 0 Å². The Morgan fingerprint density at radius 2 is 0.978 bits per heavy atom. The number of fused-ring (bicyclic) bond motifs is 3. The lowest BCUT2D eigenvalue weighted by Gasteiger charge is -2.42. The molecule has 0 saturated carbocycles. The summed E-state index contributed by atoms with van der Waals surface area (Å²) in [6.45, 7) is 9.64. The highest BCUT2D eigenvalue weighted by molar-refractivity contribution is 6.16. The zero-order valence-electron chi connectivity index (χ0n) is 26.1. The van der Waals surface area contributed by atoms with Crippen LogP contribution >= 0.6 is 0 Å². The molecule has 1 aromatic heterocycles. The lowest BCUT2D eigenvalue weighted by molar-refractivity contribution is 0.594. The first-order valence-electron chi connectivity index (χ1n) is 16.1. The first kappa shape index (κ1) is 25.2. The highest BCUT2D eigenvalue weighted by Crippen LogP contribution is 2.56. The third-order valence-corrected chi connectivity index (χ3v) is 11.1. The molecule has 10 rings (SSSR count). The molecule has 0 radical (unpaired) electrons. The molecule has 0 aliphatic carbocycles. The van der Waals surface area contributed by atoms with E-state index in [9.17, 15) is 0 Å². The minimum absolute atomic E-state index is 0.0690. The van der Waals surface area contributed by atoms with Gasteiger partial charge in [0, 0.05) is 21.6 Å². The quantitative estimate of drug-likeness (QED) is 0.193. The van der Waals surface area contributed by atoms with Crippen LogP contribution in [0, 0.1) is 0 Å². The van der Waals surface area contributed by atoms with Crippen molar-refractivity contribution in [3.05, 3.63) is 150 Å². The molecule has 2 aliphatic heterocycles. The van der Waals surface area contributed by atoms with E-state index in [4.69, 9.17) is 0 Å². The fraction of sp³-hybridized carbons (Fsp3) is 0.136. The Morgan fingerprint density at radius 3 is 1.73 bits per heavy atom. The lowest BCUT2D eigenvalue weighted by Crippen LogP contribution is -2.33. The molecular weight excluding hydrogens is 542 g/mol. The molecule has 45 heavy (non-hydrogen) atoms. The van der Waals surface area contributed by atoms with Gasteiger partial charge in [0.25, 0.3) is 0 Å². The van der Waals surface area contributed by atoms with Crippen LogP contribution in [-0.2, 0) is 10.8 Å². The van der Waals surface area contributed by atoms with Crippen molar-refractivity contribution in [3.8, 4) is 27.9 Å². The van der Waals surface area contributed by atoms with E-state index >= 15 is 0 Å². The number of rotatable bonds is 2. The molecule has 214 valence electrons. The molecule has 7 aromatic carbocycles. The summed E-state index contributed by atoms with van der Waals surface area (Å²) in [6.07, 6.45) is 0. The summed E-state index contributed by atoms with van der Waals surface area (Å²) in [4.78, 5) is 0. The van der Waals surface area contributed by atoms with Gasteiger partial charge in [-0.1, -0.05) is 137 Å². The minimum atomic E-state index is -0.140. The maximum Gasteiger partial charge on any atom is 0.0582 e. The minimum Gasteiger partial charge on any atom is -0.308 e. The summed E-state index contributed by atoms with van der Waals surface area (Å²) in [6, 6.07) is 48.0. The van der Waals surface area contributed by atoms with E-state index in [2.05, 4.69) is 160 Å². The van der Waals surface area contributed by atoms with Crippen LogP contribution in [0.5, 0.6) is 0 Å². The molecule has 0 bridgehead atoms. The number of hydrogen-bond acceptors (Lipinski definition) is 0. The average Bonchev–Trinajstić information content (AvgIpc) is 3.40. The summed E-state index contributed by atoms with van der Waals surface area (Å²) < 4.78 is 2.61. The molecule has 0 atom stereocenters. The smallest absolute Gasteiger partial charge is 0.0582 e. The van der Waals surface area contributed by atoms with Crippen LogP contribution in [0.25, 0.3) is 71.3 Å². The van der Waals surface area contributed by atoms with Crippen molar-refractivity contribution in [1.82, 2.24) is 4.57 Å². The Labute approximate surface area is 263 Å². The second-order valence-corrected chi connectivity index (χ2v) is 14.2. The van der Waals surface area contributed by atoms with Crippen LogP contribution in [0.1, 0.15) is 49.9 Å². The fourth-order valence-electron chi connectivity index (χ4n) is 8.80. The second-order valence-electron chi connectivity index (χ2n) is 14.2.